The number of hydrogen-bond acceptors (Lipinski definition) is 6. The molecule has 1 saturated heterocycles. The number of aromatic nitrogens is 5. The third-order valence-electron chi connectivity index (χ3n) is 7.65. The van der Waals surface area contributed by atoms with Crippen molar-refractivity contribution in [2.45, 2.75) is 43.7 Å². The van der Waals surface area contributed by atoms with Crippen molar-refractivity contribution in [2.75, 3.05) is 18.0 Å². The molecule has 2 fully saturated rings. The summed E-state index contributed by atoms with van der Waals surface area (Å²) in [5.74, 6) is 3.11. The van der Waals surface area contributed by atoms with E-state index in [1.807, 2.05) is 18.5 Å². The Balaban J connectivity index is 1.26. The summed E-state index contributed by atoms with van der Waals surface area (Å²) in [6.07, 6.45) is 7.49. The lowest BCUT2D eigenvalue weighted by molar-refractivity contribution is 0.145. The molecule has 0 spiro atoms. The summed E-state index contributed by atoms with van der Waals surface area (Å²) in [5, 5.41) is 9.75. The van der Waals surface area contributed by atoms with E-state index in [0.717, 1.165) is 54.3 Å². The Morgan fingerprint density at radius 2 is 1.64 bits per heavy atom. The largest absolute Gasteiger partial charge is 0.393 e. The average Bonchev–Trinajstić information content (AvgIpc) is 3.23. The first-order valence-electron chi connectivity index (χ1n) is 11.9. The van der Waals surface area contributed by atoms with E-state index < -0.39 is 0 Å². The first-order chi connectivity index (χ1) is 16.2. The molecule has 166 valence electrons. The fourth-order valence-corrected chi connectivity index (χ4v) is 5.81. The number of imidazole rings is 1. The number of aliphatic hydroxyl groups is 1. The third-order valence-corrected chi connectivity index (χ3v) is 7.65. The number of anilines is 1. The number of fused-ring (bicyclic) bond motifs is 1. The van der Waals surface area contributed by atoms with Gasteiger partial charge in [-0.1, -0.05) is 30.3 Å². The van der Waals surface area contributed by atoms with Gasteiger partial charge < -0.3 is 14.6 Å². The third kappa shape index (κ3) is 3.06. The number of aliphatic hydroxyl groups excluding tert-OH is 1. The van der Waals surface area contributed by atoms with E-state index in [9.17, 15) is 5.11 Å². The van der Waals surface area contributed by atoms with Crippen LogP contribution in [0.3, 0.4) is 0 Å². The van der Waals surface area contributed by atoms with Gasteiger partial charge in [-0.05, 0) is 49.3 Å². The molecule has 1 aliphatic carbocycles. The summed E-state index contributed by atoms with van der Waals surface area (Å²) >= 11 is 0. The average molecular weight is 439 g/mol. The molecule has 0 radical (unpaired) electrons. The Morgan fingerprint density at radius 1 is 0.879 bits per heavy atom. The van der Waals surface area contributed by atoms with Crippen molar-refractivity contribution in [3.8, 4) is 11.3 Å². The van der Waals surface area contributed by atoms with Crippen molar-refractivity contribution in [1.82, 2.24) is 24.5 Å². The van der Waals surface area contributed by atoms with Gasteiger partial charge in [-0.3, -0.25) is 0 Å². The van der Waals surface area contributed by atoms with E-state index in [1.165, 1.54) is 24.2 Å². The number of nitrogens with zero attached hydrogens (tertiary/aromatic N) is 6. The number of benzene rings is 1. The van der Waals surface area contributed by atoms with Crippen LogP contribution >= 0.6 is 0 Å². The molecule has 2 bridgehead atoms. The lowest BCUT2D eigenvalue weighted by Crippen LogP contribution is -2.39. The standard InChI is InChI=1S/C26H26N6O/c33-20-8-10-31(11-9-20)26-27-14-19(15-28-26)21-6-7-22-25(29-21)32-23(16-4-2-1-3-5-16)17-12-18(13-17)24(32)30-22/h1-7,14-15,17-18,20,23,33H,8-13H2. The van der Waals surface area contributed by atoms with Crippen molar-refractivity contribution in [2.24, 2.45) is 5.92 Å². The van der Waals surface area contributed by atoms with Crippen LogP contribution in [0.25, 0.3) is 22.4 Å². The predicted molar refractivity (Wildman–Crippen MR) is 126 cm³/mol. The zero-order chi connectivity index (χ0) is 21.9. The van der Waals surface area contributed by atoms with Crippen molar-refractivity contribution in [3.05, 3.63) is 66.2 Å². The Bertz CT molecular complexity index is 1300. The Hall–Kier alpha value is -3.32. The summed E-state index contributed by atoms with van der Waals surface area (Å²) in [6, 6.07) is 15.2. The topological polar surface area (TPSA) is 80.0 Å². The van der Waals surface area contributed by atoms with Crippen molar-refractivity contribution >= 4 is 17.1 Å². The summed E-state index contributed by atoms with van der Waals surface area (Å²) in [6.45, 7) is 1.58. The monoisotopic (exact) mass is 438 g/mol. The fraction of sp³-hybridized carbons (Fsp3) is 0.385. The zero-order valence-corrected chi connectivity index (χ0v) is 18.4. The molecule has 1 N–H and O–H groups in total. The minimum atomic E-state index is -0.205. The van der Waals surface area contributed by atoms with Gasteiger partial charge in [0, 0.05) is 37.0 Å². The number of pyridine rings is 1. The lowest BCUT2D eigenvalue weighted by Gasteiger charge is -2.47. The summed E-state index contributed by atoms with van der Waals surface area (Å²) in [7, 11) is 0. The molecule has 4 aromatic rings. The highest BCUT2D eigenvalue weighted by Crippen LogP contribution is 2.55. The molecule has 7 nitrogen and oxygen atoms in total. The van der Waals surface area contributed by atoms with Gasteiger partial charge in [-0.2, -0.15) is 0 Å². The second kappa shape index (κ2) is 7.35. The van der Waals surface area contributed by atoms with Crippen LogP contribution in [-0.2, 0) is 0 Å². The van der Waals surface area contributed by atoms with Crippen LogP contribution in [0, 0.1) is 5.92 Å². The van der Waals surface area contributed by atoms with Crippen LogP contribution in [0.2, 0.25) is 0 Å². The van der Waals surface area contributed by atoms with E-state index in [2.05, 4.69) is 55.8 Å². The van der Waals surface area contributed by atoms with E-state index in [0.29, 0.717) is 17.9 Å². The zero-order valence-electron chi connectivity index (χ0n) is 18.4. The van der Waals surface area contributed by atoms with Gasteiger partial charge in [-0.25, -0.2) is 19.9 Å². The maximum absolute atomic E-state index is 9.75. The number of rotatable bonds is 3. The molecule has 1 saturated carbocycles. The Morgan fingerprint density at radius 3 is 2.39 bits per heavy atom. The van der Waals surface area contributed by atoms with Crippen LogP contribution < -0.4 is 4.90 Å². The van der Waals surface area contributed by atoms with Gasteiger partial charge in [0.05, 0.1) is 17.8 Å². The first-order valence-corrected chi connectivity index (χ1v) is 11.9. The van der Waals surface area contributed by atoms with E-state index in [1.54, 1.807) is 0 Å². The molecule has 3 aromatic heterocycles. The molecule has 6 heterocycles. The maximum Gasteiger partial charge on any atom is 0.225 e. The highest BCUT2D eigenvalue weighted by atomic mass is 16.3. The minimum Gasteiger partial charge on any atom is -0.393 e. The van der Waals surface area contributed by atoms with Gasteiger partial charge in [0.2, 0.25) is 5.95 Å². The second-order valence-corrected chi connectivity index (χ2v) is 9.65. The summed E-state index contributed by atoms with van der Waals surface area (Å²) in [5.41, 5.74) is 5.04. The summed E-state index contributed by atoms with van der Waals surface area (Å²) in [4.78, 5) is 21.4. The Kier molecular flexibility index (Phi) is 4.27. The maximum atomic E-state index is 9.75. The fourth-order valence-electron chi connectivity index (χ4n) is 5.81. The van der Waals surface area contributed by atoms with E-state index >= 15 is 0 Å². The van der Waals surface area contributed by atoms with E-state index in [-0.39, 0.29) is 6.10 Å². The number of piperidine rings is 1. The highest BCUT2D eigenvalue weighted by molar-refractivity contribution is 5.77. The van der Waals surface area contributed by atoms with Crippen molar-refractivity contribution in [1.29, 1.82) is 0 Å². The molecule has 1 aromatic carbocycles. The van der Waals surface area contributed by atoms with Crippen LogP contribution in [0.4, 0.5) is 5.95 Å². The van der Waals surface area contributed by atoms with Crippen LogP contribution in [-0.4, -0.2) is 48.8 Å². The lowest BCUT2D eigenvalue weighted by atomic mass is 9.66. The van der Waals surface area contributed by atoms with Gasteiger partial charge in [-0.15, -0.1) is 0 Å². The van der Waals surface area contributed by atoms with E-state index in [4.69, 9.17) is 9.97 Å². The van der Waals surface area contributed by atoms with Crippen LogP contribution in [0.5, 0.6) is 0 Å². The molecular formula is C26H26N6O. The SMILES string of the molecule is OC1CCN(c2ncc(-c3ccc4nc5n(c4n3)C(c3ccccc3)C3CC5C3)cn2)CC1. The highest BCUT2D eigenvalue weighted by Gasteiger charge is 2.46. The Labute approximate surface area is 192 Å². The molecule has 1 unspecified atom stereocenters. The van der Waals surface area contributed by atoms with Gasteiger partial charge in [0.25, 0.3) is 0 Å². The molecule has 4 aliphatic rings. The molecule has 0 amide bonds. The molecule has 3 aliphatic heterocycles. The van der Waals surface area contributed by atoms with Crippen LogP contribution in [0.15, 0.2) is 54.9 Å². The predicted octanol–water partition coefficient (Wildman–Crippen LogP) is 3.95. The van der Waals surface area contributed by atoms with Crippen LogP contribution in [0.1, 0.15) is 49.0 Å². The van der Waals surface area contributed by atoms with Gasteiger partial charge in [0.1, 0.15) is 11.3 Å². The molecule has 8 rings (SSSR count). The normalized spacial score (nSPS) is 24.5. The molecule has 1 atom stereocenters. The van der Waals surface area contributed by atoms with Crippen molar-refractivity contribution in [3.63, 3.8) is 0 Å². The summed E-state index contributed by atoms with van der Waals surface area (Å²) < 4.78 is 2.39. The minimum absolute atomic E-state index is 0.205. The van der Waals surface area contributed by atoms with Gasteiger partial charge in [0.15, 0.2) is 5.65 Å². The second-order valence-electron chi connectivity index (χ2n) is 9.65. The first kappa shape index (κ1) is 19.2. The molecule has 7 heteroatoms. The molecular weight excluding hydrogens is 412 g/mol. The van der Waals surface area contributed by atoms with Gasteiger partial charge >= 0.3 is 0 Å². The molecule has 33 heavy (non-hydrogen) atoms. The smallest absolute Gasteiger partial charge is 0.225 e. The number of hydrogen-bond donors (Lipinski definition) is 1. The quantitative estimate of drug-likeness (QED) is 0.522. The van der Waals surface area contributed by atoms with Crippen molar-refractivity contribution < 1.29 is 5.11 Å².